The lowest BCUT2D eigenvalue weighted by Crippen LogP contribution is -1.98. The maximum atomic E-state index is 9.18. The molecule has 0 bridgehead atoms. The van der Waals surface area contributed by atoms with Gasteiger partial charge in [-0.05, 0) is 42.0 Å². The second-order valence-electron chi connectivity index (χ2n) is 3.95. The van der Waals surface area contributed by atoms with Crippen molar-refractivity contribution < 1.29 is 5.11 Å². The molecule has 0 atom stereocenters. The monoisotopic (exact) mass is 178 g/mol. The van der Waals surface area contributed by atoms with Crippen LogP contribution in [0.1, 0.15) is 42.0 Å². The molecule has 1 rings (SSSR count). The van der Waals surface area contributed by atoms with Crippen molar-refractivity contribution in [1.29, 1.82) is 0 Å². The standard InChI is InChI=1S/C12H18O/c1-8(2)12-6-10(4)9(3)5-11(12)7-13/h5-6,8,13H,7H2,1-4H3. The van der Waals surface area contributed by atoms with Crippen LogP contribution in [0.5, 0.6) is 0 Å². The van der Waals surface area contributed by atoms with Gasteiger partial charge in [0.25, 0.3) is 0 Å². The fourth-order valence-electron chi connectivity index (χ4n) is 1.57. The van der Waals surface area contributed by atoms with Crippen LogP contribution < -0.4 is 0 Å². The van der Waals surface area contributed by atoms with E-state index in [2.05, 4.69) is 39.8 Å². The molecule has 0 amide bonds. The van der Waals surface area contributed by atoms with Gasteiger partial charge in [0, 0.05) is 0 Å². The molecule has 0 aliphatic rings. The van der Waals surface area contributed by atoms with E-state index in [-0.39, 0.29) is 6.61 Å². The number of hydrogen-bond acceptors (Lipinski definition) is 1. The van der Waals surface area contributed by atoms with Crippen molar-refractivity contribution in [3.63, 3.8) is 0 Å². The Morgan fingerprint density at radius 3 is 2.15 bits per heavy atom. The van der Waals surface area contributed by atoms with E-state index >= 15 is 0 Å². The van der Waals surface area contributed by atoms with E-state index in [9.17, 15) is 5.11 Å². The highest BCUT2D eigenvalue weighted by Gasteiger charge is 2.07. The molecule has 0 radical (unpaired) electrons. The summed E-state index contributed by atoms with van der Waals surface area (Å²) in [6.45, 7) is 8.65. The third-order valence-electron chi connectivity index (χ3n) is 2.55. The highest BCUT2D eigenvalue weighted by atomic mass is 16.3. The summed E-state index contributed by atoms with van der Waals surface area (Å²) in [6, 6.07) is 4.27. The number of aryl methyl sites for hydroxylation is 2. The molecule has 0 spiro atoms. The van der Waals surface area contributed by atoms with Gasteiger partial charge in [-0.2, -0.15) is 0 Å². The summed E-state index contributed by atoms with van der Waals surface area (Å²) in [5, 5.41) is 9.18. The van der Waals surface area contributed by atoms with E-state index in [1.54, 1.807) is 0 Å². The first-order valence-electron chi connectivity index (χ1n) is 4.77. The van der Waals surface area contributed by atoms with Crippen LogP contribution in [-0.2, 0) is 6.61 Å². The van der Waals surface area contributed by atoms with Crippen LogP contribution in [0.3, 0.4) is 0 Å². The zero-order chi connectivity index (χ0) is 10.0. The third-order valence-corrected chi connectivity index (χ3v) is 2.55. The molecule has 0 heterocycles. The number of aliphatic hydroxyl groups excluding tert-OH is 1. The van der Waals surface area contributed by atoms with Crippen molar-refractivity contribution in [1.82, 2.24) is 0 Å². The summed E-state index contributed by atoms with van der Waals surface area (Å²) in [6.07, 6.45) is 0. The van der Waals surface area contributed by atoms with Crippen molar-refractivity contribution in [2.45, 2.75) is 40.2 Å². The molecule has 0 aliphatic heterocycles. The Kier molecular flexibility index (Phi) is 3.10. The average molecular weight is 178 g/mol. The second kappa shape index (κ2) is 3.93. The van der Waals surface area contributed by atoms with Gasteiger partial charge in [0.1, 0.15) is 0 Å². The lowest BCUT2D eigenvalue weighted by atomic mass is 9.93. The molecular formula is C12H18O. The van der Waals surface area contributed by atoms with Gasteiger partial charge in [-0.25, -0.2) is 0 Å². The molecule has 1 aromatic carbocycles. The Balaban J connectivity index is 3.25. The van der Waals surface area contributed by atoms with Gasteiger partial charge in [0.2, 0.25) is 0 Å². The SMILES string of the molecule is Cc1cc(CO)c(C(C)C)cc1C. The van der Waals surface area contributed by atoms with Gasteiger partial charge in [-0.15, -0.1) is 0 Å². The fraction of sp³-hybridized carbons (Fsp3) is 0.500. The second-order valence-corrected chi connectivity index (χ2v) is 3.95. The van der Waals surface area contributed by atoms with Crippen LogP contribution in [0, 0.1) is 13.8 Å². The molecule has 1 nitrogen and oxygen atoms in total. The quantitative estimate of drug-likeness (QED) is 0.738. The van der Waals surface area contributed by atoms with Crippen molar-refractivity contribution in [2.24, 2.45) is 0 Å². The van der Waals surface area contributed by atoms with Crippen molar-refractivity contribution in [3.8, 4) is 0 Å². The van der Waals surface area contributed by atoms with Crippen LogP contribution in [-0.4, -0.2) is 5.11 Å². The first-order chi connectivity index (χ1) is 6.06. The lowest BCUT2D eigenvalue weighted by Gasteiger charge is -2.13. The fourth-order valence-corrected chi connectivity index (χ4v) is 1.57. The minimum absolute atomic E-state index is 0.147. The van der Waals surface area contributed by atoms with Gasteiger partial charge in [-0.1, -0.05) is 26.0 Å². The van der Waals surface area contributed by atoms with E-state index in [0.717, 1.165) is 5.56 Å². The maximum absolute atomic E-state index is 9.18. The van der Waals surface area contributed by atoms with Crippen LogP contribution in [0.15, 0.2) is 12.1 Å². The Labute approximate surface area is 80.4 Å². The van der Waals surface area contributed by atoms with E-state index < -0.39 is 0 Å². The van der Waals surface area contributed by atoms with E-state index in [0.29, 0.717) is 5.92 Å². The van der Waals surface area contributed by atoms with E-state index in [1.807, 2.05) is 0 Å². The number of aliphatic hydroxyl groups is 1. The predicted octanol–water partition coefficient (Wildman–Crippen LogP) is 2.92. The zero-order valence-electron chi connectivity index (χ0n) is 8.89. The van der Waals surface area contributed by atoms with Crippen molar-refractivity contribution in [3.05, 3.63) is 34.4 Å². The minimum Gasteiger partial charge on any atom is -0.392 e. The molecule has 1 heteroatoms. The molecule has 0 aliphatic carbocycles. The van der Waals surface area contributed by atoms with Gasteiger partial charge in [0.05, 0.1) is 6.61 Å². The van der Waals surface area contributed by atoms with Crippen LogP contribution >= 0.6 is 0 Å². The minimum atomic E-state index is 0.147. The van der Waals surface area contributed by atoms with Crippen LogP contribution in [0.25, 0.3) is 0 Å². The van der Waals surface area contributed by atoms with Crippen LogP contribution in [0.4, 0.5) is 0 Å². The molecule has 1 aromatic rings. The van der Waals surface area contributed by atoms with Crippen molar-refractivity contribution in [2.75, 3.05) is 0 Å². The van der Waals surface area contributed by atoms with Gasteiger partial charge in [-0.3, -0.25) is 0 Å². The summed E-state index contributed by atoms with van der Waals surface area (Å²) in [5.74, 6) is 0.487. The number of benzene rings is 1. The van der Waals surface area contributed by atoms with E-state index in [1.165, 1.54) is 16.7 Å². The van der Waals surface area contributed by atoms with Crippen molar-refractivity contribution >= 4 is 0 Å². The highest BCUT2D eigenvalue weighted by Crippen LogP contribution is 2.23. The highest BCUT2D eigenvalue weighted by molar-refractivity contribution is 5.38. The smallest absolute Gasteiger partial charge is 0.0684 e. The van der Waals surface area contributed by atoms with Gasteiger partial charge < -0.3 is 5.11 Å². The topological polar surface area (TPSA) is 20.2 Å². The lowest BCUT2D eigenvalue weighted by molar-refractivity contribution is 0.280. The third kappa shape index (κ3) is 2.10. The van der Waals surface area contributed by atoms with Gasteiger partial charge in [0.15, 0.2) is 0 Å². The predicted molar refractivity (Wildman–Crippen MR) is 55.9 cm³/mol. The molecule has 0 unspecified atom stereocenters. The average Bonchev–Trinajstić information content (AvgIpc) is 2.08. The van der Waals surface area contributed by atoms with Gasteiger partial charge >= 0.3 is 0 Å². The molecule has 72 valence electrons. The summed E-state index contributed by atoms with van der Waals surface area (Å²) in [4.78, 5) is 0. The molecule has 0 saturated heterocycles. The Morgan fingerprint density at radius 1 is 1.15 bits per heavy atom. The summed E-state index contributed by atoms with van der Waals surface area (Å²) < 4.78 is 0. The Bertz CT molecular complexity index is 300. The molecule has 0 fully saturated rings. The molecular weight excluding hydrogens is 160 g/mol. The first-order valence-corrected chi connectivity index (χ1v) is 4.77. The molecule has 0 saturated carbocycles. The summed E-state index contributed by atoms with van der Waals surface area (Å²) in [7, 11) is 0. The van der Waals surface area contributed by atoms with E-state index in [4.69, 9.17) is 0 Å². The zero-order valence-corrected chi connectivity index (χ0v) is 8.89. The number of hydrogen-bond donors (Lipinski definition) is 1. The van der Waals surface area contributed by atoms with Crippen LogP contribution in [0.2, 0.25) is 0 Å². The molecule has 13 heavy (non-hydrogen) atoms. The molecule has 0 aromatic heterocycles. The normalized spacial score (nSPS) is 10.9. The Hall–Kier alpha value is -0.820. The molecule has 1 N–H and O–H groups in total. The largest absolute Gasteiger partial charge is 0.392 e. The maximum Gasteiger partial charge on any atom is 0.0684 e. The summed E-state index contributed by atoms with van der Waals surface area (Å²) >= 11 is 0. The Morgan fingerprint density at radius 2 is 1.69 bits per heavy atom. The first kappa shape index (κ1) is 10.3. The summed E-state index contributed by atoms with van der Waals surface area (Å²) in [5.41, 5.74) is 4.90. The number of rotatable bonds is 2.